The van der Waals surface area contributed by atoms with Crippen molar-refractivity contribution in [3.8, 4) is 11.5 Å². The van der Waals surface area contributed by atoms with Crippen molar-refractivity contribution in [3.05, 3.63) is 79.8 Å². The van der Waals surface area contributed by atoms with Crippen molar-refractivity contribution in [2.75, 3.05) is 16.8 Å². The molecular weight excluding hydrogens is 547 g/mol. The van der Waals surface area contributed by atoms with Crippen LogP contribution in [0.5, 0.6) is 11.5 Å². The van der Waals surface area contributed by atoms with Crippen molar-refractivity contribution in [2.45, 2.75) is 13.1 Å². The SMILES string of the molecule is CCOc1ccc(N2C(=O)c3cc(I)ccc3N[C@@H]2c2cc(Br)ccc2O)cc1. The Bertz CT molecular complexity index is 1070. The zero-order valence-corrected chi connectivity index (χ0v) is 19.3. The van der Waals surface area contributed by atoms with E-state index in [9.17, 15) is 9.90 Å². The van der Waals surface area contributed by atoms with Gasteiger partial charge in [0.05, 0.1) is 12.2 Å². The predicted molar refractivity (Wildman–Crippen MR) is 126 cm³/mol. The third-order valence-electron chi connectivity index (χ3n) is 4.69. The van der Waals surface area contributed by atoms with Gasteiger partial charge < -0.3 is 15.2 Å². The van der Waals surface area contributed by atoms with Gasteiger partial charge in [0.1, 0.15) is 17.7 Å². The molecule has 2 N–H and O–H groups in total. The van der Waals surface area contributed by atoms with Crippen LogP contribution in [-0.2, 0) is 0 Å². The maximum Gasteiger partial charge on any atom is 0.262 e. The van der Waals surface area contributed by atoms with E-state index >= 15 is 0 Å². The number of halogens is 2. The molecule has 29 heavy (non-hydrogen) atoms. The number of phenols is 1. The summed E-state index contributed by atoms with van der Waals surface area (Å²) in [4.78, 5) is 15.2. The maximum absolute atomic E-state index is 13.5. The number of carbonyl (C=O) groups is 1. The van der Waals surface area contributed by atoms with Crippen LogP contribution in [0.4, 0.5) is 11.4 Å². The zero-order chi connectivity index (χ0) is 20.5. The van der Waals surface area contributed by atoms with Crippen molar-refractivity contribution in [1.29, 1.82) is 0 Å². The fourth-order valence-electron chi connectivity index (χ4n) is 3.38. The second kappa shape index (κ2) is 8.23. The van der Waals surface area contributed by atoms with E-state index in [0.717, 1.165) is 19.5 Å². The maximum atomic E-state index is 13.5. The topological polar surface area (TPSA) is 61.8 Å². The van der Waals surface area contributed by atoms with Crippen molar-refractivity contribution in [1.82, 2.24) is 0 Å². The Morgan fingerprint density at radius 2 is 1.90 bits per heavy atom. The van der Waals surface area contributed by atoms with Crippen LogP contribution >= 0.6 is 38.5 Å². The lowest BCUT2D eigenvalue weighted by Gasteiger charge is -2.38. The van der Waals surface area contributed by atoms with Crippen LogP contribution in [0.25, 0.3) is 0 Å². The van der Waals surface area contributed by atoms with Crippen LogP contribution in [0.2, 0.25) is 0 Å². The Morgan fingerprint density at radius 1 is 1.14 bits per heavy atom. The summed E-state index contributed by atoms with van der Waals surface area (Å²) in [6, 6.07) is 18.3. The van der Waals surface area contributed by atoms with E-state index in [4.69, 9.17) is 4.74 Å². The Labute approximate surface area is 191 Å². The van der Waals surface area contributed by atoms with Crippen LogP contribution < -0.4 is 15.0 Å². The first-order valence-corrected chi connectivity index (χ1v) is 11.0. The lowest BCUT2D eigenvalue weighted by Crippen LogP contribution is -2.43. The summed E-state index contributed by atoms with van der Waals surface area (Å²) in [5, 5.41) is 13.9. The fourth-order valence-corrected chi connectivity index (χ4v) is 4.25. The molecule has 0 aromatic heterocycles. The predicted octanol–water partition coefficient (Wildman–Crippen LogP) is 5.93. The number of hydrogen-bond acceptors (Lipinski definition) is 4. The summed E-state index contributed by atoms with van der Waals surface area (Å²) in [7, 11) is 0. The molecule has 3 aromatic rings. The normalized spacial score (nSPS) is 15.6. The molecule has 0 fully saturated rings. The fraction of sp³-hybridized carbons (Fsp3) is 0.136. The third-order valence-corrected chi connectivity index (χ3v) is 5.86. The number of carbonyl (C=O) groups excluding carboxylic acids is 1. The number of benzene rings is 3. The van der Waals surface area contributed by atoms with Crippen LogP contribution in [-0.4, -0.2) is 17.6 Å². The minimum absolute atomic E-state index is 0.114. The van der Waals surface area contributed by atoms with Gasteiger partial charge in [0.2, 0.25) is 0 Å². The Kier molecular flexibility index (Phi) is 5.69. The minimum Gasteiger partial charge on any atom is -0.508 e. The lowest BCUT2D eigenvalue weighted by atomic mass is 10.0. The summed E-state index contributed by atoms with van der Waals surface area (Å²) in [6.45, 7) is 2.50. The van der Waals surface area contributed by atoms with Crippen molar-refractivity contribution in [3.63, 3.8) is 0 Å². The van der Waals surface area contributed by atoms with Gasteiger partial charge in [0, 0.05) is 25.0 Å². The number of rotatable bonds is 4. The highest BCUT2D eigenvalue weighted by Crippen LogP contribution is 2.40. The summed E-state index contributed by atoms with van der Waals surface area (Å²) < 4.78 is 7.32. The molecule has 0 spiro atoms. The van der Waals surface area contributed by atoms with Gasteiger partial charge in [-0.25, -0.2) is 0 Å². The van der Waals surface area contributed by atoms with E-state index in [1.165, 1.54) is 0 Å². The first-order chi connectivity index (χ1) is 14.0. The van der Waals surface area contributed by atoms with Gasteiger partial charge in [-0.3, -0.25) is 9.69 Å². The summed E-state index contributed by atoms with van der Waals surface area (Å²) in [5.41, 5.74) is 2.64. The van der Waals surface area contributed by atoms with Gasteiger partial charge in [-0.15, -0.1) is 0 Å². The van der Waals surface area contributed by atoms with Crippen LogP contribution in [0.15, 0.2) is 65.1 Å². The number of hydrogen-bond donors (Lipinski definition) is 2. The van der Waals surface area contributed by atoms with Gasteiger partial charge in [-0.2, -0.15) is 0 Å². The largest absolute Gasteiger partial charge is 0.508 e. The number of nitrogens with one attached hydrogen (secondary N) is 1. The highest BCUT2D eigenvalue weighted by Gasteiger charge is 2.35. The number of phenolic OH excluding ortho intramolecular Hbond substituents is 1. The van der Waals surface area contributed by atoms with E-state index < -0.39 is 6.17 Å². The number of fused-ring (bicyclic) bond motifs is 1. The molecule has 7 heteroatoms. The molecule has 1 aliphatic heterocycles. The molecule has 5 nitrogen and oxygen atoms in total. The van der Waals surface area contributed by atoms with Gasteiger partial charge >= 0.3 is 0 Å². The van der Waals surface area contributed by atoms with E-state index in [1.54, 1.807) is 17.0 Å². The highest BCUT2D eigenvalue weighted by atomic mass is 127. The first-order valence-electron chi connectivity index (χ1n) is 9.09. The summed E-state index contributed by atoms with van der Waals surface area (Å²) in [5.74, 6) is 0.722. The number of nitrogens with zero attached hydrogens (tertiary/aromatic N) is 1. The molecule has 3 aromatic carbocycles. The highest BCUT2D eigenvalue weighted by molar-refractivity contribution is 14.1. The van der Waals surface area contributed by atoms with E-state index in [2.05, 4.69) is 43.8 Å². The van der Waals surface area contributed by atoms with Gasteiger partial charge in [0.15, 0.2) is 0 Å². The quantitative estimate of drug-likeness (QED) is 0.386. The lowest BCUT2D eigenvalue weighted by molar-refractivity contribution is 0.0974. The standard InChI is InChI=1S/C22H18BrIN2O3/c1-2-29-16-7-5-15(6-8-16)26-21(18-11-13(23)3-10-20(18)27)25-19-9-4-14(24)12-17(19)22(26)28/h3-12,21,25,27H,2H2,1H3/t21-/m0/s1. The molecule has 148 valence electrons. The second-order valence-corrected chi connectivity index (χ2v) is 8.70. The number of ether oxygens (including phenoxy) is 1. The van der Waals surface area contributed by atoms with E-state index in [1.807, 2.05) is 55.5 Å². The van der Waals surface area contributed by atoms with Gasteiger partial charge in [-0.1, -0.05) is 15.9 Å². The molecule has 1 atom stereocenters. The number of amides is 1. The van der Waals surface area contributed by atoms with Gasteiger partial charge in [-0.05, 0) is 90.2 Å². The molecule has 0 saturated carbocycles. The minimum atomic E-state index is -0.564. The number of aromatic hydroxyl groups is 1. The number of anilines is 2. The Morgan fingerprint density at radius 3 is 2.62 bits per heavy atom. The van der Waals surface area contributed by atoms with E-state index in [-0.39, 0.29) is 11.7 Å². The third kappa shape index (κ3) is 3.93. The van der Waals surface area contributed by atoms with Gasteiger partial charge in [0.25, 0.3) is 5.91 Å². The van der Waals surface area contributed by atoms with Crippen LogP contribution in [0.1, 0.15) is 29.0 Å². The summed E-state index contributed by atoms with van der Waals surface area (Å²) in [6.07, 6.45) is -0.564. The Hall–Kier alpha value is -2.26. The van der Waals surface area contributed by atoms with Crippen molar-refractivity contribution < 1.29 is 14.6 Å². The van der Waals surface area contributed by atoms with Crippen LogP contribution in [0, 0.1) is 3.57 Å². The molecule has 0 radical (unpaired) electrons. The molecule has 1 heterocycles. The molecule has 0 bridgehead atoms. The molecule has 1 aliphatic rings. The Balaban J connectivity index is 1.85. The van der Waals surface area contributed by atoms with E-state index in [0.29, 0.717) is 23.4 Å². The van der Waals surface area contributed by atoms with Crippen molar-refractivity contribution in [2.24, 2.45) is 0 Å². The smallest absolute Gasteiger partial charge is 0.262 e. The molecule has 0 aliphatic carbocycles. The molecule has 1 amide bonds. The average Bonchev–Trinajstić information content (AvgIpc) is 2.71. The molecular formula is C22H18BrIN2O3. The second-order valence-electron chi connectivity index (χ2n) is 6.54. The monoisotopic (exact) mass is 564 g/mol. The van der Waals surface area contributed by atoms with Crippen LogP contribution in [0.3, 0.4) is 0 Å². The zero-order valence-electron chi connectivity index (χ0n) is 15.5. The first kappa shape index (κ1) is 20.0. The molecule has 0 saturated heterocycles. The summed E-state index contributed by atoms with van der Waals surface area (Å²) >= 11 is 5.66. The average molecular weight is 565 g/mol. The molecule has 4 rings (SSSR count). The van der Waals surface area contributed by atoms with Crippen molar-refractivity contribution >= 4 is 55.8 Å². The molecule has 0 unspecified atom stereocenters.